The molecule has 0 fully saturated rings. The van der Waals surface area contributed by atoms with Gasteiger partial charge in [-0.05, 0) is 78.9 Å². The molecule has 3 amide bonds. The smallest absolute Gasteiger partial charge is 0.373 e. The van der Waals surface area contributed by atoms with Crippen molar-refractivity contribution in [1.29, 1.82) is 0 Å². The number of nitrogen functional groups attached to an aromatic ring is 1. The monoisotopic (exact) mass is 1110 g/mol. The molecule has 24 nitrogen and oxygen atoms in total. The van der Waals surface area contributed by atoms with E-state index in [9.17, 15) is 56.8 Å². The van der Waals surface area contributed by atoms with Crippen LogP contribution in [0.2, 0.25) is 0 Å². The number of hydrogen-bond acceptors (Lipinski definition) is 21. The summed E-state index contributed by atoms with van der Waals surface area (Å²) in [6.07, 6.45) is 2.08. The van der Waals surface area contributed by atoms with Gasteiger partial charge in [-0.25, -0.2) is 68.5 Å². The van der Waals surface area contributed by atoms with E-state index in [-0.39, 0.29) is 46.9 Å². The minimum atomic E-state index is -3.94. The summed E-state index contributed by atoms with van der Waals surface area (Å²) in [5, 5.41) is 19.3. The normalized spacial score (nSPS) is 12.3. The number of thiazole rings is 2. The lowest BCUT2D eigenvalue weighted by atomic mass is 10.2. The zero-order valence-corrected chi connectivity index (χ0v) is 42.0. The van der Waals surface area contributed by atoms with Gasteiger partial charge in [-0.15, -0.1) is 32.9 Å². The summed E-state index contributed by atoms with van der Waals surface area (Å²) in [5.74, 6) is 1.28. The van der Waals surface area contributed by atoms with E-state index < -0.39 is 85.3 Å². The van der Waals surface area contributed by atoms with Crippen molar-refractivity contribution in [3.63, 3.8) is 0 Å². The van der Waals surface area contributed by atoms with Crippen molar-refractivity contribution in [3.05, 3.63) is 118 Å². The lowest BCUT2D eigenvalue weighted by Crippen LogP contribution is -2.37. The van der Waals surface area contributed by atoms with Crippen LogP contribution in [0.5, 0.6) is 0 Å². The van der Waals surface area contributed by atoms with Gasteiger partial charge < -0.3 is 15.1 Å². The number of rotatable bonds is 15. The van der Waals surface area contributed by atoms with Gasteiger partial charge in [0.15, 0.2) is 30.2 Å². The zero-order chi connectivity index (χ0) is 53.6. The van der Waals surface area contributed by atoms with Gasteiger partial charge in [0.1, 0.15) is 21.6 Å². The van der Waals surface area contributed by atoms with Gasteiger partial charge >= 0.3 is 6.15 Å². The second-order valence-corrected chi connectivity index (χ2v) is 24.3. The van der Waals surface area contributed by atoms with E-state index >= 15 is 0 Å². The van der Waals surface area contributed by atoms with Crippen LogP contribution in [-0.4, -0.2) is 115 Å². The molecule has 2 unspecified atom stereocenters. The number of nitrogens with two attached hydrogens (primary N) is 3. The minimum Gasteiger partial charge on any atom is -0.416 e. The highest BCUT2D eigenvalue weighted by molar-refractivity contribution is 7.92. The van der Waals surface area contributed by atoms with Crippen molar-refractivity contribution >= 4 is 107 Å². The number of sulfone groups is 2. The number of amides is 3. The van der Waals surface area contributed by atoms with Crippen LogP contribution >= 0.6 is 22.7 Å². The fourth-order valence-electron chi connectivity index (χ4n) is 5.72. The molecular weight excluding hydrogens is 1070 g/mol. The number of carbonyl (C=O) groups is 3. The number of nitrogens with one attached hydrogen (secondary N) is 3. The number of para-hydroxylation sites is 1. The van der Waals surface area contributed by atoms with Crippen LogP contribution in [0.25, 0.3) is 43.3 Å². The summed E-state index contributed by atoms with van der Waals surface area (Å²) in [7, 11) is -15.3. The molecule has 4 aromatic carbocycles. The minimum absolute atomic E-state index is 0.0188. The first kappa shape index (κ1) is 57.7. The van der Waals surface area contributed by atoms with Crippen LogP contribution < -0.4 is 32.2 Å². The van der Waals surface area contributed by atoms with Crippen LogP contribution in [0.3, 0.4) is 0 Å². The van der Waals surface area contributed by atoms with Gasteiger partial charge in [0, 0.05) is 42.3 Å². The molecule has 72 heavy (non-hydrogen) atoms. The maximum atomic E-state index is 13.1. The second-order valence-electron chi connectivity index (χ2n) is 14.5. The number of nitrogens with zero attached hydrogens (tertiary/aromatic N) is 4. The number of fused-ring (bicyclic) bond motifs is 2. The highest BCUT2D eigenvalue weighted by Gasteiger charge is 2.35. The number of sulfonamides is 2. The zero-order valence-electron chi connectivity index (χ0n) is 37.1. The van der Waals surface area contributed by atoms with E-state index in [1.54, 1.807) is 42.5 Å². The van der Waals surface area contributed by atoms with Crippen LogP contribution in [0.1, 0.15) is 30.9 Å². The van der Waals surface area contributed by atoms with Gasteiger partial charge in [-0.3, -0.25) is 19.8 Å². The third kappa shape index (κ3) is 17.5. The van der Waals surface area contributed by atoms with Gasteiger partial charge in [-0.1, -0.05) is 12.1 Å². The lowest BCUT2D eigenvalue weighted by molar-refractivity contribution is -0.191. The Bertz CT molecular complexity index is 3520. The average Bonchev–Trinajstić information content (AvgIpc) is 4.04. The van der Waals surface area contributed by atoms with Crippen molar-refractivity contribution in [1.82, 2.24) is 36.2 Å². The van der Waals surface area contributed by atoms with Crippen LogP contribution in [-0.2, 0) is 58.9 Å². The molecule has 0 radical (unpaired) electrons. The maximum absolute atomic E-state index is 13.1. The topological polar surface area (TPSA) is 401 Å². The lowest BCUT2D eigenvalue weighted by Gasteiger charge is -2.12. The number of hydrazine groups is 1. The number of hydrogen-bond donors (Lipinski definition) is 6. The van der Waals surface area contributed by atoms with Crippen LogP contribution in [0, 0.1) is 11.6 Å². The fourth-order valence-corrected chi connectivity index (χ4v) is 11.5. The third-order valence-corrected chi connectivity index (χ3v) is 15.5. The van der Waals surface area contributed by atoms with Gasteiger partial charge in [-0.2, -0.15) is 9.59 Å². The van der Waals surface area contributed by atoms with E-state index in [1.807, 2.05) is 5.43 Å². The Morgan fingerprint density at radius 2 is 1.06 bits per heavy atom. The first-order chi connectivity index (χ1) is 33.6. The Labute approximate surface area is 416 Å². The summed E-state index contributed by atoms with van der Waals surface area (Å²) < 4.78 is 125. The quantitative estimate of drug-likeness (QED) is 0.0478. The standard InChI is InChI=1S/C20H18FN5O6S3.C12H15N3O5S3.C7H7FN2O.CO2/c1-34(28,29)16(17(27)23-8-9-35(22,30)31)20-24-14-7-4-12(10-15(14)33-20)19-26-25-18(32-19)11-2-5-13(21)6-3-11;1-22(17,18)10(11(16)14-6-7-23(13,19)20)12-15-8-4-2-3-5-9(8)21-12;8-6-3-1-5(2-4-6)7(11)10-9;2-1-3/h2-7,10,16H,8-9H2,1H3,(H,23,27)(H2,22,30,31);2-5,10H,6-7H2,1H3,(H,14,16)(H2,13,19,20);1-4H,9H2,(H,10,11);. The molecule has 0 bridgehead atoms. The number of carbonyl (C=O) groups excluding carboxylic acids is 5. The van der Waals surface area contributed by atoms with Gasteiger partial charge in [0.2, 0.25) is 43.6 Å². The first-order valence-corrected chi connectivity index (χ1v) is 28.7. The Hall–Kier alpha value is -6.87. The highest BCUT2D eigenvalue weighted by Crippen LogP contribution is 2.34. The number of aromatic nitrogens is 4. The second kappa shape index (κ2) is 25.0. The molecule has 0 aliphatic heterocycles. The van der Waals surface area contributed by atoms with Crippen molar-refractivity contribution in [3.8, 4) is 22.9 Å². The molecule has 7 rings (SSSR count). The average molecular weight is 1120 g/mol. The molecule has 3 heterocycles. The predicted molar refractivity (Wildman–Crippen MR) is 258 cm³/mol. The molecule has 0 aliphatic rings. The molecule has 3 aromatic heterocycles. The first-order valence-electron chi connectivity index (χ1n) is 19.7. The Morgan fingerprint density at radius 1 is 0.639 bits per heavy atom. The number of primary sulfonamides is 2. The van der Waals surface area contributed by atoms with E-state index in [0.717, 1.165) is 39.9 Å². The van der Waals surface area contributed by atoms with E-state index in [4.69, 9.17) is 30.1 Å². The largest absolute Gasteiger partial charge is 0.416 e. The van der Waals surface area contributed by atoms with Crippen LogP contribution in [0.4, 0.5) is 8.78 Å². The van der Waals surface area contributed by atoms with Crippen molar-refractivity contribution < 1.29 is 70.8 Å². The van der Waals surface area contributed by atoms with Crippen molar-refractivity contribution in [2.24, 2.45) is 16.1 Å². The summed E-state index contributed by atoms with van der Waals surface area (Å²) in [6.45, 7) is -0.610. The predicted octanol–water partition coefficient (Wildman–Crippen LogP) is 1.28. The van der Waals surface area contributed by atoms with E-state index in [1.165, 1.54) is 48.5 Å². The Kier molecular flexibility index (Phi) is 20.0. The molecule has 0 spiro atoms. The van der Waals surface area contributed by atoms with Gasteiger partial charge in [0.25, 0.3) is 5.91 Å². The molecule has 384 valence electrons. The maximum Gasteiger partial charge on any atom is 0.373 e. The molecule has 7 aromatic rings. The highest BCUT2D eigenvalue weighted by atomic mass is 32.2. The summed E-state index contributed by atoms with van der Waals surface area (Å²) in [6, 6.07) is 22.6. The molecular formula is C40H40F2N10O14S6. The molecule has 0 saturated carbocycles. The van der Waals surface area contributed by atoms with Crippen molar-refractivity contribution in [2.45, 2.75) is 10.5 Å². The fraction of sp³-hybridized carbons (Fsp3) is 0.200. The molecule has 2 atom stereocenters. The Balaban J connectivity index is 0.000000259. The molecule has 0 aliphatic carbocycles. The summed E-state index contributed by atoms with van der Waals surface area (Å²) in [4.78, 5) is 60.3. The van der Waals surface area contributed by atoms with E-state index in [0.29, 0.717) is 32.4 Å². The van der Waals surface area contributed by atoms with E-state index in [2.05, 4.69) is 30.8 Å². The number of benzene rings is 4. The molecule has 32 heteroatoms. The summed E-state index contributed by atoms with van der Waals surface area (Å²) in [5.41, 5.74) is 4.39. The third-order valence-electron chi connectivity index (χ3n) is 8.87. The SMILES string of the molecule is CS(=O)(=O)C(C(=O)NCCS(N)(=O)=O)c1nc2ccc(-c3nnc(-c4ccc(F)cc4)o3)cc2s1.CS(=O)(=O)C(C(=O)NCCS(N)(=O)=O)c1nc2ccccc2s1.NNC(=O)c1ccc(F)cc1.O=C=O. The Morgan fingerprint density at radius 3 is 1.50 bits per heavy atom. The van der Waals surface area contributed by atoms with Crippen LogP contribution in [0.15, 0.2) is 95.4 Å². The molecule has 9 N–H and O–H groups in total. The van der Waals surface area contributed by atoms with Crippen molar-refractivity contribution in [2.75, 3.05) is 37.1 Å². The number of halogens is 2. The molecule has 0 saturated heterocycles. The van der Waals surface area contributed by atoms with Gasteiger partial charge in [0.05, 0.1) is 31.9 Å². The summed E-state index contributed by atoms with van der Waals surface area (Å²) >= 11 is 2.09.